The van der Waals surface area contributed by atoms with E-state index in [4.69, 9.17) is 20.9 Å². The number of ether oxygens (including phenoxy) is 1. The van der Waals surface area contributed by atoms with E-state index in [1.165, 1.54) is 12.8 Å². The number of benzene rings is 1. The van der Waals surface area contributed by atoms with Crippen LogP contribution in [0.1, 0.15) is 34.7 Å². The largest absolute Gasteiger partial charge is 0.379 e. The first kappa shape index (κ1) is 18.3. The molecule has 0 aliphatic carbocycles. The van der Waals surface area contributed by atoms with Crippen molar-refractivity contribution in [3.8, 4) is 0 Å². The fourth-order valence-electron chi connectivity index (χ4n) is 3.84. The SMILES string of the molecule is Cc1cc(C[C@@H]2COC[C@@H]2NC(=O)c2ccc(N3CCCC3)c(Cl)c2)on1. The lowest BCUT2D eigenvalue weighted by atomic mass is 9.98. The van der Waals surface area contributed by atoms with Crippen LogP contribution in [0.2, 0.25) is 5.02 Å². The fraction of sp³-hybridized carbons (Fsp3) is 0.500. The number of rotatable bonds is 5. The Hall–Kier alpha value is -2.05. The molecule has 0 spiro atoms. The molecule has 6 nitrogen and oxygen atoms in total. The van der Waals surface area contributed by atoms with E-state index in [0.717, 1.165) is 30.2 Å². The van der Waals surface area contributed by atoms with Crippen molar-refractivity contribution in [1.29, 1.82) is 0 Å². The van der Waals surface area contributed by atoms with Gasteiger partial charge in [-0.05, 0) is 38.0 Å². The van der Waals surface area contributed by atoms with Gasteiger partial charge in [-0.2, -0.15) is 0 Å². The molecule has 2 atom stereocenters. The number of nitrogens with one attached hydrogen (secondary N) is 1. The Bertz CT molecular complexity index is 817. The van der Waals surface area contributed by atoms with Gasteiger partial charge < -0.3 is 19.5 Å². The Morgan fingerprint density at radius 3 is 2.81 bits per heavy atom. The molecule has 2 saturated heterocycles. The third-order valence-corrected chi connectivity index (χ3v) is 5.61. The number of carbonyl (C=O) groups excluding carboxylic acids is 1. The van der Waals surface area contributed by atoms with Crippen LogP contribution in [-0.4, -0.2) is 43.4 Å². The van der Waals surface area contributed by atoms with Crippen LogP contribution in [0.15, 0.2) is 28.8 Å². The fourth-order valence-corrected chi connectivity index (χ4v) is 4.14. The van der Waals surface area contributed by atoms with Gasteiger partial charge in [-0.1, -0.05) is 16.8 Å². The molecule has 27 heavy (non-hydrogen) atoms. The normalized spacial score (nSPS) is 22.4. The van der Waals surface area contributed by atoms with Crippen LogP contribution in [0.25, 0.3) is 0 Å². The summed E-state index contributed by atoms with van der Waals surface area (Å²) in [6.45, 7) is 5.04. The summed E-state index contributed by atoms with van der Waals surface area (Å²) < 4.78 is 10.9. The Labute approximate surface area is 163 Å². The standard InChI is InChI=1S/C20H24ClN3O3/c1-13-8-16(27-23-13)9-15-11-26-12-18(15)22-20(25)14-4-5-19(17(21)10-14)24-6-2-3-7-24/h4-5,8,10,15,18H,2-3,6-7,9,11-12H2,1H3,(H,22,25)/t15-,18+/m1/s1. The average molecular weight is 390 g/mol. The Morgan fingerprint density at radius 1 is 1.30 bits per heavy atom. The van der Waals surface area contributed by atoms with Gasteiger partial charge in [0.25, 0.3) is 5.91 Å². The minimum atomic E-state index is -0.126. The van der Waals surface area contributed by atoms with Crippen LogP contribution in [0.3, 0.4) is 0 Å². The van der Waals surface area contributed by atoms with Gasteiger partial charge in [0, 0.05) is 37.1 Å². The summed E-state index contributed by atoms with van der Waals surface area (Å²) in [5.74, 6) is 0.861. The van der Waals surface area contributed by atoms with E-state index in [1.54, 1.807) is 6.07 Å². The van der Waals surface area contributed by atoms with E-state index in [9.17, 15) is 4.79 Å². The number of aromatic nitrogens is 1. The molecular weight excluding hydrogens is 366 g/mol. The minimum absolute atomic E-state index is 0.0556. The lowest BCUT2D eigenvalue weighted by Crippen LogP contribution is -2.40. The van der Waals surface area contributed by atoms with E-state index < -0.39 is 0 Å². The van der Waals surface area contributed by atoms with E-state index in [2.05, 4.69) is 15.4 Å². The highest BCUT2D eigenvalue weighted by Crippen LogP contribution is 2.30. The third-order valence-electron chi connectivity index (χ3n) is 5.31. The minimum Gasteiger partial charge on any atom is -0.379 e. The number of carbonyl (C=O) groups is 1. The number of amides is 1. The molecule has 3 heterocycles. The molecule has 0 bridgehead atoms. The molecule has 2 fully saturated rings. The zero-order valence-corrected chi connectivity index (χ0v) is 16.2. The summed E-state index contributed by atoms with van der Waals surface area (Å²) in [7, 11) is 0. The Morgan fingerprint density at radius 2 is 2.11 bits per heavy atom. The van der Waals surface area contributed by atoms with Crippen LogP contribution in [0, 0.1) is 12.8 Å². The zero-order valence-electron chi connectivity index (χ0n) is 15.4. The lowest BCUT2D eigenvalue weighted by Gasteiger charge is -2.21. The van der Waals surface area contributed by atoms with Crippen LogP contribution >= 0.6 is 11.6 Å². The Balaban J connectivity index is 1.41. The number of hydrogen-bond acceptors (Lipinski definition) is 5. The molecule has 0 saturated carbocycles. The molecule has 1 aromatic carbocycles. The molecule has 1 aromatic heterocycles. The molecular formula is C20H24ClN3O3. The van der Waals surface area contributed by atoms with Gasteiger partial charge in [0.1, 0.15) is 5.76 Å². The third kappa shape index (κ3) is 4.12. The number of hydrogen-bond donors (Lipinski definition) is 1. The van der Waals surface area contributed by atoms with Gasteiger partial charge in [-0.15, -0.1) is 0 Å². The highest BCUT2D eigenvalue weighted by atomic mass is 35.5. The maximum atomic E-state index is 12.7. The van der Waals surface area contributed by atoms with E-state index >= 15 is 0 Å². The molecule has 0 radical (unpaired) electrons. The second-order valence-corrected chi connectivity index (χ2v) is 7.78. The number of halogens is 1. The van der Waals surface area contributed by atoms with Crippen molar-refractivity contribution in [1.82, 2.24) is 10.5 Å². The molecule has 4 rings (SSSR count). The maximum absolute atomic E-state index is 12.7. The van der Waals surface area contributed by atoms with Crippen molar-refractivity contribution in [2.75, 3.05) is 31.2 Å². The molecule has 2 aliphatic rings. The highest BCUT2D eigenvalue weighted by Gasteiger charge is 2.31. The predicted octanol–water partition coefficient (Wildman–Crippen LogP) is 3.22. The summed E-state index contributed by atoms with van der Waals surface area (Å²) in [6.07, 6.45) is 3.07. The van der Waals surface area contributed by atoms with Gasteiger partial charge in [0.2, 0.25) is 0 Å². The van der Waals surface area contributed by atoms with Crippen molar-refractivity contribution >= 4 is 23.2 Å². The van der Waals surface area contributed by atoms with E-state index in [1.807, 2.05) is 25.1 Å². The molecule has 1 amide bonds. The second-order valence-electron chi connectivity index (χ2n) is 7.38. The Kier molecular flexibility index (Phi) is 5.36. The number of aryl methyl sites for hydroxylation is 1. The molecule has 144 valence electrons. The van der Waals surface area contributed by atoms with E-state index in [-0.39, 0.29) is 17.9 Å². The van der Waals surface area contributed by atoms with Gasteiger partial charge in [0.15, 0.2) is 0 Å². The quantitative estimate of drug-likeness (QED) is 0.850. The predicted molar refractivity (Wildman–Crippen MR) is 103 cm³/mol. The maximum Gasteiger partial charge on any atom is 0.251 e. The lowest BCUT2D eigenvalue weighted by molar-refractivity contribution is 0.0924. The monoisotopic (exact) mass is 389 g/mol. The topological polar surface area (TPSA) is 67.6 Å². The van der Waals surface area contributed by atoms with Crippen molar-refractivity contribution in [3.63, 3.8) is 0 Å². The molecule has 7 heteroatoms. The van der Waals surface area contributed by atoms with Crippen LogP contribution in [-0.2, 0) is 11.2 Å². The van der Waals surface area contributed by atoms with Gasteiger partial charge in [-0.3, -0.25) is 4.79 Å². The van der Waals surface area contributed by atoms with Crippen molar-refractivity contribution < 1.29 is 14.1 Å². The summed E-state index contributed by atoms with van der Waals surface area (Å²) in [5.41, 5.74) is 2.44. The summed E-state index contributed by atoms with van der Waals surface area (Å²) in [6, 6.07) is 7.42. The van der Waals surface area contributed by atoms with Gasteiger partial charge >= 0.3 is 0 Å². The van der Waals surface area contributed by atoms with Crippen LogP contribution in [0.4, 0.5) is 5.69 Å². The first-order valence-corrected chi connectivity index (χ1v) is 9.83. The average Bonchev–Trinajstić information content (AvgIpc) is 3.39. The van der Waals surface area contributed by atoms with Gasteiger partial charge in [0.05, 0.1) is 35.7 Å². The van der Waals surface area contributed by atoms with Gasteiger partial charge in [-0.25, -0.2) is 0 Å². The first-order valence-electron chi connectivity index (χ1n) is 9.45. The molecule has 1 N–H and O–H groups in total. The van der Waals surface area contributed by atoms with Crippen LogP contribution in [0.5, 0.6) is 0 Å². The smallest absolute Gasteiger partial charge is 0.251 e. The first-order chi connectivity index (χ1) is 13.1. The van der Waals surface area contributed by atoms with Crippen LogP contribution < -0.4 is 10.2 Å². The zero-order chi connectivity index (χ0) is 18.8. The second kappa shape index (κ2) is 7.90. The van der Waals surface area contributed by atoms with Crippen molar-refractivity contribution in [2.45, 2.75) is 32.2 Å². The summed E-state index contributed by atoms with van der Waals surface area (Å²) >= 11 is 6.44. The summed E-state index contributed by atoms with van der Waals surface area (Å²) in [4.78, 5) is 15.0. The molecule has 2 aromatic rings. The van der Waals surface area contributed by atoms with Crippen molar-refractivity contribution in [2.24, 2.45) is 5.92 Å². The van der Waals surface area contributed by atoms with Crippen molar-refractivity contribution in [3.05, 3.63) is 46.3 Å². The van der Waals surface area contributed by atoms with E-state index in [0.29, 0.717) is 30.2 Å². The molecule has 0 unspecified atom stereocenters. The summed E-state index contributed by atoms with van der Waals surface area (Å²) in [5, 5.41) is 7.64. The highest BCUT2D eigenvalue weighted by molar-refractivity contribution is 6.33. The molecule has 2 aliphatic heterocycles. The number of anilines is 1. The number of nitrogens with zero attached hydrogens (tertiary/aromatic N) is 2.